The average Bonchev–Trinajstić information content (AvgIpc) is 2.68. The number of hydroxylamine groups is 1. The van der Waals surface area contributed by atoms with E-state index in [2.05, 4.69) is 0 Å². The van der Waals surface area contributed by atoms with Crippen LogP contribution in [0.3, 0.4) is 0 Å². The molecular formula is C18H19ClFNO6S. The number of nitrogens with zero attached hydrogens (tertiary/aromatic N) is 1. The third-order valence-electron chi connectivity index (χ3n) is 3.64. The number of benzene rings is 2. The molecule has 0 aliphatic rings. The van der Waals surface area contributed by atoms with Crippen molar-refractivity contribution in [3.8, 4) is 5.75 Å². The van der Waals surface area contributed by atoms with Crippen LogP contribution in [0.2, 0.25) is 5.02 Å². The minimum Gasteiger partial charge on any atom is -0.493 e. The van der Waals surface area contributed by atoms with Crippen LogP contribution in [0.1, 0.15) is 16.8 Å². The van der Waals surface area contributed by atoms with Crippen LogP contribution in [-0.4, -0.2) is 46.2 Å². The molecule has 0 radical (unpaired) electrons. The van der Waals surface area contributed by atoms with Crippen molar-refractivity contribution in [3.63, 3.8) is 0 Å². The molecule has 0 heterocycles. The molecule has 2 rings (SSSR count). The summed E-state index contributed by atoms with van der Waals surface area (Å²) in [6.07, 6.45) is 0.397. The van der Waals surface area contributed by atoms with E-state index in [-0.39, 0.29) is 34.5 Å². The van der Waals surface area contributed by atoms with E-state index < -0.39 is 16.0 Å². The number of esters is 1. The van der Waals surface area contributed by atoms with Gasteiger partial charge in [0.1, 0.15) is 16.5 Å². The third-order valence-corrected chi connectivity index (χ3v) is 5.81. The van der Waals surface area contributed by atoms with Crippen molar-refractivity contribution in [2.75, 3.05) is 27.4 Å². The van der Waals surface area contributed by atoms with Crippen molar-refractivity contribution in [2.24, 2.45) is 0 Å². The van der Waals surface area contributed by atoms with Gasteiger partial charge in [-0.2, -0.15) is 0 Å². The van der Waals surface area contributed by atoms with Gasteiger partial charge in [0.25, 0.3) is 10.0 Å². The van der Waals surface area contributed by atoms with E-state index in [0.717, 1.165) is 6.07 Å². The van der Waals surface area contributed by atoms with E-state index in [4.69, 9.17) is 25.9 Å². The molecular weight excluding hydrogens is 413 g/mol. The lowest BCUT2D eigenvalue weighted by molar-refractivity contribution is -0.0258. The van der Waals surface area contributed by atoms with Crippen LogP contribution in [0.5, 0.6) is 5.75 Å². The van der Waals surface area contributed by atoms with Crippen LogP contribution in [0.15, 0.2) is 47.4 Å². The smallest absolute Gasteiger partial charge is 0.338 e. The molecule has 0 aliphatic heterocycles. The first-order valence-electron chi connectivity index (χ1n) is 8.14. The van der Waals surface area contributed by atoms with Gasteiger partial charge in [0.15, 0.2) is 0 Å². The number of carbonyl (C=O) groups is 1. The van der Waals surface area contributed by atoms with Crippen molar-refractivity contribution in [2.45, 2.75) is 11.3 Å². The second-order valence-electron chi connectivity index (χ2n) is 5.53. The lowest BCUT2D eigenvalue weighted by Crippen LogP contribution is -2.26. The highest BCUT2D eigenvalue weighted by Gasteiger charge is 2.25. The Morgan fingerprint density at radius 1 is 1.14 bits per heavy atom. The lowest BCUT2D eigenvalue weighted by atomic mass is 10.2. The third kappa shape index (κ3) is 5.65. The molecule has 0 aliphatic carbocycles. The Kier molecular flexibility index (Phi) is 7.76. The zero-order valence-electron chi connectivity index (χ0n) is 15.2. The number of rotatable bonds is 9. The Bertz CT molecular complexity index is 920. The van der Waals surface area contributed by atoms with Gasteiger partial charge in [-0.25, -0.2) is 17.6 Å². The summed E-state index contributed by atoms with van der Waals surface area (Å²) in [6, 6.07) is 9.34. The highest BCUT2D eigenvalue weighted by Crippen LogP contribution is 2.25. The fraction of sp³-hybridized carbons (Fsp3) is 0.278. The first-order valence-corrected chi connectivity index (χ1v) is 9.95. The van der Waals surface area contributed by atoms with Gasteiger partial charge in [0.2, 0.25) is 0 Å². The van der Waals surface area contributed by atoms with Gasteiger partial charge in [-0.05, 0) is 42.5 Å². The number of ether oxygens (including phenoxy) is 2. The summed E-state index contributed by atoms with van der Waals surface area (Å²) in [4.78, 5) is 16.6. The van der Waals surface area contributed by atoms with Crippen molar-refractivity contribution < 1.29 is 31.9 Å². The standard InChI is InChI=1S/C18H19ClFNO6S/c1-21(25-2)28(23,24)17-12-13(4-9-16(17)19)18(22)27-11-3-10-26-15-7-5-14(20)6-8-15/h4-9,12H,3,10-11H2,1-2H3. The molecule has 2 aromatic carbocycles. The Morgan fingerprint density at radius 3 is 2.46 bits per heavy atom. The monoisotopic (exact) mass is 431 g/mol. The zero-order chi connectivity index (χ0) is 20.7. The summed E-state index contributed by atoms with van der Waals surface area (Å²) >= 11 is 5.95. The van der Waals surface area contributed by atoms with E-state index in [1.165, 1.54) is 50.6 Å². The first-order chi connectivity index (χ1) is 13.3. The molecule has 28 heavy (non-hydrogen) atoms. The van der Waals surface area contributed by atoms with E-state index >= 15 is 0 Å². The molecule has 0 amide bonds. The number of halogens is 2. The van der Waals surface area contributed by atoms with Crippen LogP contribution in [0.25, 0.3) is 0 Å². The lowest BCUT2D eigenvalue weighted by Gasteiger charge is -2.15. The quantitative estimate of drug-likeness (QED) is 0.344. The fourth-order valence-corrected chi connectivity index (χ4v) is 3.57. The van der Waals surface area contributed by atoms with Gasteiger partial charge >= 0.3 is 5.97 Å². The molecule has 10 heteroatoms. The summed E-state index contributed by atoms with van der Waals surface area (Å²) in [5.41, 5.74) is 0.0342. The van der Waals surface area contributed by atoms with Crippen molar-refractivity contribution in [1.29, 1.82) is 0 Å². The van der Waals surface area contributed by atoms with E-state index in [0.29, 0.717) is 16.6 Å². The maximum atomic E-state index is 12.8. The van der Waals surface area contributed by atoms with Crippen LogP contribution in [-0.2, 0) is 19.6 Å². The molecule has 0 spiro atoms. The Labute approximate surface area is 167 Å². The van der Waals surface area contributed by atoms with E-state index in [1.54, 1.807) is 0 Å². The summed E-state index contributed by atoms with van der Waals surface area (Å²) in [7, 11) is -1.62. The van der Waals surface area contributed by atoms with Gasteiger partial charge in [-0.1, -0.05) is 16.1 Å². The second kappa shape index (κ2) is 9.83. The molecule has 0 N–H and O–H groups in total. The molecule has 0 aromatic heterocycles. The molecule has 2 aromatic rings. The summed E-state index contributed by atoms with van der Waals surface area (Å²) in [5.74, 6) is -0.556. The number of hydrogen-bond acceptors (Lipinski definition) is 6. The van der Waals surface area contributed by atoms with Gasteiger partial charge in [-0.3, -0.25) is 4.84 Å². The van der Waals surface area contributed by atoms with Crippen LogP contribution in [0, 0.1) is 5.82 Å². The second-order valence-corrected chi connectivity index (χ2v) is 7.85. The number of hydrogen-bond donors (Lipinski definition) is 0. The first kappa shape index (κ1) is 22.1. The van der Waals surface area contributed by atoms with Gasteiger partial charge in [0, 0.05) is 13.5 Å². The van der Waals surface area contributed by atoms with Gasteiger partial charge in [0.05, 0.1) is 30.9 Å². The largest absolute Gasteiger partial charge is 0.493 e. The average molecular weight is 432 g/mol. The molecule has 0 saturated carbocycles. The summed E-state index contributed by atoms with van der Waals surface area (Å²) < 4.78 is 48.6. The SMILES string of the molecule is CON(C)S(=O)(=O)c1cc(C(=O)OCCCOc2ccc(F)cc2)ccc1Cl. The van der Waals surface area contributed by atoms with Gasteiger partial charge in [-0.15, -0.1) is 0 Å². The molecule has 0 unspecified atom stereocenters. The minimum atomic E-state index is -4.01. The minimum absolute atomic E-state index is 0.0342. The summed E-state index contributed by atoms with van der Waals surface area (Å²) in [5, 5.41) is -0.0480. The van der Waals surface area contributed by atoms with Crippen molar-refractivity contribution >= 4 is 27.6 Å². The van der Waals surface area contributed by atoms with Crippen LogP contribution < -0.4 is 4.74 Å². The maximum absolute atomic E-state index is 12.8. The van der Waals surface area contributed by atoms with E-state index in [9.17, 15) is 17.6 Å². The van der Waals surface area contributed by atoms with Crippen molar-refractivity contribution in [3.05, 3.63) is 58.9 Å². The molecule has 7 nitrogen and oxygen atoms in total. The number of carbonyl (C=O) groups excluding carboxylic acids is 1. The molecule has 152 valence electrons. The predicted octanol–water partition coefficient (Wildman–Crippen LogP) is 3.29. The highest BCUT2D eigenvalue weighted by atomic mass is 35.5. The highest BCUT2D eigenvalue weighted by molar-refractivity contribution is 7.89. The van der Waals surface area contributed by atoms with Crippen LogP contribution in [0.4, 0.5) is 4.39 Å². The van der Waals surface area contributed by atoms with Gasteiger partial charge < -0.3 is 9.47 Å². The Hall–Kier alpha value is -2.20. The number of sulfonamides is 1. The zero-order valence-corrected chi connectivity index (χ0v) is 16.8. The van der Waals surface area contributed by atoms with Crippen LogP contribution >= 0.6 is 11.6 Å². The molecule has 0 bridgehead atoms. The molecule has 0 saturated heterocycles. The summed E-state index contributed by atoms with van der Waals surface area (Å²) in [6.45, 7) is 0.320. The maximum Gasteiger partial charge on any atom is 0.338 e. The molecule has 0 atom stereocenters. The molecule has 0 fully saturated rings. The predicted molar refractivity (Wildman–Crippen MR) is 100 cm³/mol. The van der Waals surface area contributed by atoms with E-state index in [1.807, 2.05) is 0 Å². The topological polar surface area (TPSA) is 82.1 Å². The Balaban J connectivity index is 1.92. The normalized spacial score (nSPS) is 11.5. The Morgan fingerprint density at radius 2 is 1.82 bits per heavy atom. The fourth-order valence-electron chi connectivity index (χ4n) is 2.09. The van der Waals surface area contributed by atoms with Crippen molar-refractivity contribution in [1.82, 2.24) is 4.47 Å².